The maximum absolute atomic E-state index is 4.89. The van der Waals surface area contributed by atoms with Crippen molar-refractivity contribution in [1.29, 1.82) is 0 Å². The van der Waals surface area contributed by atoms with Crippen LogP contribution < -0.4 is 0 Å². The Morgan fingerprint density at radius 1 is 0.765 bits per heavy atom. The van der Waals surface area contributed by atoms with Gasteiger partial charge in [-0.2, -0.15) is 0 Å². The van der Waals surface area contributed by atoms with Gasteiger partial charge in [-0.3, -0.25) is 0 Å². The van der Waals surface area contributed by atoms with Crippen LogP contribution in [0.25, 0.3) is 10.6 Å². The molecule has 104 valence electrons. The van der Waals surface area contributed by atoms with E-state index in [4.69, 9.17) is 18.6 Å². The third-order valence-corrected chi connectivity index (χ3v) is 1.74. The molecule has 0 rings (SSSR count). The normalized spacial score (nSPS) is 11.8. The van der Waals surface area contributed by atoms with Crippen LogP contribution in [-0.2, 0) is 17.0 Å². The molecule has 0 aliphatic carbocycles. The van der Waals surface area contributed by atoms with Crippen molar-refractivity contribution < 1.29 is 17.0 Å². The van der Waals surface area contributed by atoms with Gasteiger partial charge in [0.25, 0.3) is 0 Å². The monoisotopic (exact) mass is 316 g/mol. The van der Waals surface area contributed by atoms with Crippen LogP contribution in [0.3, 0.4) is 0 Å². The summed E-state index contributed by atoms with van der Waals surface area (Å²) in [5, 5.41) is 9.10. The van der Waals surface area contributed by atoms with Crippen molar-refractivity contribution >= 4 is 18.6 Å². The SMILES string of the molecule is CC(C)(C)[N-]CCCC[N-]C(C)(C)C.[Cl][Ti][Cl]. The molecule has 0 fully saturated rings. The molecular formula is C12H26Cl2N2Ti-2. The van der Waals surface area contributed by atoms with Crippen molar-refractivity contribution in [2.24, 2.45) is 0 Å². The van der Waals surface area contributed by atoms with Crippen molar-refractivity contribution in [1.82, 2.24) is 0 Å². The van der Waals surface area contributed by atoms with Crippen LogP contribution in [-0.4, -0.2) is 24.2 Å². The second-order valence-electron chi connectivity index (χ2n) is 5.88. The van der Waals surface area contributed by atoms with E-state index < -0.39 is 17.0 Å². The van der Waals surface area contributed by atoms with Gasteiger partial charge in [-0.05, 0) is 0 Å². The van der Waals surface area contributed by atoms with Crippen LogP contribution in [0, 0.1) is 0 Å². The van der Waals surface area contributed by atoms with Gasteiger partial charge in [0.1, 0.15) is 0 Å². The van der Waals surface area contributed by atoms with Gasteiger partial charge in [-0.1, -0.05) is 54.4 Å². The summed E-state index contributed by atoms with van der Waals surface area (Å²) < 4.78 is 0. The number of hydrogen-bond donors (Lipinski definition) is 0. The molecule has 17 heavy (non-hydrogen) atoms. The molecule has 5 heteroatoms. The van der Waals surface area contributed by atoms with Gasteiger partial charge in [0.2, 0.25) is 0 Å². The van der Waals surface area contributed by atoms with Crippen molar-refractivity contribution in [3.8, 4) is 0 Å². The number of halogens is 2. The molecule has 0 bridgehead atoms. The molecule has 0 N–H and O–H groups in total. The fourth-order valence-electron chi connectivity index (χ4n) is 1.05. The molecule has 0 aliphatic heterocycles. The number of rotatable bonds is 5. The first-order chi connectivity index (χ1) is 7.62. The van der Waals surface area contributed by atoms with Crippen LogP contribution in [0.4, 0.5) is 0 Å². The molecule has 0 atom stereocenters. The zero-order valence-electron chi connectivity index (χ0n) is 12.0. The van der Waals surface area contributed by atoms with E-state index >= 15 is 0 Å². The molecule has 0 aromatic carbocycles. The third kappa shape index (κ3) is 26.7. The van der Waals surface area contributed by atoms with Gasteiger partial charge in [0.15, 0.2) is 0 Å². The average molecular weight is 317 g/mol. The number of nitrogens with zero attached hydrogens (tertiary/aromatic N) is 2. The maximum atomic E-state index is 4.89. The van der Waals surface area contributed by atoms with E-state index in [-0.39, 0.29) is 11.1 Å². The summed E-state index contributed by atoms with van der Waals surface area (Å²) in [5.41, 5.74) is 0.252. The van der Waals surface area contributed by atoms with Crippen molar-refractivity contribution in [3.05, 3.63) is 10.6 Å². The Bertz CT molecular complexity index is 147. The summed E-state index contributed by atoms with van der Waals surface area (Å²) in [6.07, 6.45) is 2.33. The Morgan fingerprint density at radius 3 is 1.18 bits per heavy atom. The Labute approximate surface area is 124 Å². The van der Waals surface area contributed by atoms with Crippen LogP contribution in [0.15, 0.2) is 0 Å². The molecule has 0 heterocycles. The zero-order chi connectivity index (χ0) is 13.9. The molecule has 0 amide bonds. The van der Waals surface area contributed by atoms with E-state index in [1.807, 2.05) is 0 Å². The van der Waals surface area contributed by atoms with E-state index in [0.717, 1.165) is 25.9 Å². The molecule has 0 saturated heterocycles. The van der Waals surface area contributed by atoms with Crippen molar-refractivity contribution in [2.75, 3.05) is 13.1 Å². The first-order valence-corrected chi connectivity index (χ1v) is 10.3. The zero-order valence-corrected chi connectivity index (χ0v) is 15.1. The number of hydrogen-bond acceptors (Lipinski definition) is 0. The first kappa shape index (κ1) is 20.5. The second-order valence-corrected chi connectivity index (χ2v) is 8.46. The van der Waals surface area contributed by atoms with Crippen LogP contribution in [0.5, 0.6) is 0 Å². The quantitative estimate of drug-likeness (QED) is 0.474. The van der Waals surface area contributed by atoms with Gasteiger partial charge >= 0.3 is 35.6 Å². The summed E-state index contributed by atoms with van der Waals surface area (Å²) in [5.74, 6) is 0. The fourth-order valence-corrected chi connectivity index (χ4v) is 1.05. The Kier molecular flexibility index (Phi) is 13.4. The Balaban J connectivity index is 0. The molecule has 0 spiro atoms. The van der Waals surface area contributed by atoms with Crippen molar-refractivity contribution in [2.45, 2.75) is 65.5 Å². The van der Waals surface area contributed by atoms with Gasteiger partial charge < -0.3 is 10.6 Å². The summed E-state index contributed by atoms with van der Waals surface area (Å²) in [6, 6.07) is 0. The molecule has 0 aromatic heterocycles. The molecule has 0 saturated carbocycles. The molecule has 2 nitrogen and oxygen atoms in total. The standard InChI is InChI=1S/C12H26N2.2ClH.Ti/c1-11(2,3)13-9-7-8-10-14-12(4,5)6;;;/h7-10H2,1-6H3;2*1H;/q-2;;;+2/p-2. The van der Waals surface area contributed by atoms with E-state index in [1.54, 1.807) is 0 Å². The molecule has 0 aliphatic rings. The topological polar surface area (TPSA) is 28.2 Å². The van der Waals surface area contributed by atoms with Gasteiger partial charge in [0.05, 0.1) is 0 Å². The predicted octanol–water partition coefficient (Wildman–Crippen LogP) is 5.49. The third-order valence-electron chi connectivity index (χ3n) is 1.74. The molecule has 0 aromatic rings. The number of unbranched alkanes of at least 4 members (excludes halogenated alkanes) is 1. The van der Waals surface area contributed by atoms with E-state index in [1.165, 1.54) is 0 Å². The molecule has 0 radical (unpaired) electrons. The first-order valence-electron chi connectivity index (χ1n) is 5.96. The van der Waals surface area contributed by atoms with E-state index in [2.05, 4.69) is 52.2 Å². The second kappa shape index (κ2) is 11.1. The summed E-state index contributed by atoms with van der Waals surface area (Å²) in [6.45, 7) is 14.8. The van der Waals surface area contributed by atoms with Gasteiger partial charge in [-0.15, -0.1) is 24.2 Å². The van der Waals surface area contributed by atoms with E-state index in [9.17, 15) is 0 Å². The summed E-state index contributed by atoms with van der Waals surface area (Å²) >= 11 is -0.556. The molecular weight excluding hydrogens is 291 g/mol. The van der Waals surface area contributed by atoms with Crippen LogP contribution >= 0.6 is 18.6 Å². The predicted molar refractivity (Wildman–Crippen MR) is 76.9 cm³/mol. The minimum atomic E-state index is -0.556. The van der Waals surface area contributed by atoms with Gasteiger partial charge in [-0.25, -0.2) is 0 Å². The average Bonchev–Trinajstić information content (AvgIpc) is 2.09. The molecule has 0 unspecified atom stereocenters. The summed E-state index contributed by atoms with van der Waals surface area (Å²) in [4.78, 5) is 0. The minimum absolute atomic E-state index is 0.126. The van der Waals surface area contributed by atoms with Gasteiger partial charge in [0, 0.05) is 0 Å². The van der Waals surface area contributed by atoms with E-state index in [0.29, 0.717) is 0 Å². The van der Waals surface area contributed by atoms with Crippen LogP contribution in [0.2, 0.25) is 0 Å². The van der Waals surface area contributed by atoms with Crippen LogP contribution in [0.1, 0.15) is 54.4 Å². The Hall–Kier alpha value is 1.21. The Morgan fingerprint density at radius 2 is 1.00 bits per heavy atom. The van der Waals surface area contributed by atoms with Crippen molar-refractivity contribution in [3.63, 3.8) is 0 Å². The summed E-state index contributed by atoms with van der Waals surface area (Å²) in [7, 11) is 9.78. The fraction of sp³-hybridized carbons (Fsp3) is 1.00.